The molecular formula is C16H25N. The van der Waals surface area contributed by atoms with E-state index in [1.165, 1.54) is 56.3 Å². The molecule has 0 radical (unpaired) electrons. The van der Waals surface area contributed by atoms with Gasteiger partial charge in [0.25, 0.3) is 0 Å². The lowest BCUT2D eigenvalue weighted by Crippen LogP contribution is -2.27. The van der Waals surface area contributed by atoms with Crippen molar-refractivity contribution in [1.29, 1.82) is 0 Å². The predicted octanol–water partition coefficient (Wildman–Crippen LogP) is 3.57. The predicted molar refractivity (Wildman–Crippen MR) is 74.4 cm³/mol. The van der Waals surface area contributed by atoms with Crippen molar-refractivity contribution in [2.75, 3.05) is 13.1 Å². The Morgan fingerprint density at radius 2 is 1.94 bits per heavy atom. The average Bonchev–Trinajstić information content (AvgIpc) is 2.40. The molecule has 1 saturated heterocycles. The Balaban J connectivity index is 1.73. The van der Waals surface area contributed by atoms with Gasteiger partial charge in [0.15, 0.2) is 0 Å². The summed E-state index contributed by atoms with van der Waals surface area (Å²) in [5, 5.41) is 3.44. The smallest absolute Gasteiger partial charge is 0.00463 e. The molecule has 1 heterocycles. The van der Waals surface area contributed by atoms with E-state index in [1.54, 1.807) is 0 Å². The SMILES string of the molecule is CCc1cccc(CCCC2CCNCC2)c1. The molecule has 0 unspecified atom stereocenters. The maximum atomic E-state index is 3.44. The Hall–Kier alpha value is -0.820. The lowest BCUT2D eigenvalue weighted by Gasteiger charge is -2.22. The van der Waals surface area contributed by atoms with Crippen molar-refractivity contribution in [2.45, 2.75) is 45.4 Å². The van der Waals surface area contributed by atoms with Crippen LogP contribution in [0.3, 0.4) is 0 Å². The number of rotatable bonds is 5. The summed E-state index contributed by atoms with van der Waals surface area (Å²) < 4.78 is 0. The monoisotopic (exact) mass is 231 g/mol. The number of piperidine rings is 1. The molecule has 1 fully saturated rings. The van der Waals surface area contributed by atoms with Crippen molar-refractivity contribution >= 4 is 0 Å². The first-order chi connectivity index (χ1) is 8.38. The van der Waals surface area contributed by atoms with E-state index in [9.17, 15) is 0 Å². The fourth-order valence-corrected chi connectivity index (χ4v) is 2.77. The van der Waals surface area contributed by atoms with Crippen LogP contribution in [-0.2, 0) is 12.8 Å². The van der Waals surface area contributed by atoms with Crippen LogP contribution in [0.4, 0.5) is 0 Å². The minimum absolute atomic E-state index is 0.977. The van der Waals surface area contributed by atoms with Gasteiger partial charge in [0.1, 0.15) is 0 Å². The van der Waals surface area contributed by atoms with Crippen molar-refractivity contribution < 1.29 is 0 Å². The maximum absolute atomic E-state index is 3.44. The van der Waals surface area contributed by atoms with Gasteiger partial charge >= 0.3 is 0 Å². The summed E-state index contributed by atoms with van der Waals surface area (Å²) in [6.07, 6.45) is 7.96. The number of hydrogen-bond acceptors (Lipinski definition) is 1. The zero-order chi connectivity index (χ0) is 11.9. The second-order valence-electron chi connectivity index (χ2n) is 5.26. The lowest BCUT2D eigenvalue weighted by atomic mass is 9.91. The number of hydrogen-bond donors (Lipinski definition) is 1. The zero-order valence-corrected chi connectivity index (χ0v) is 11.0. The van der Waals surface area contributed by atoms with Crippen molar-refractivity contribution in [1.82, 2.24) is 5.32 Å². The molecule has 1 nitrogen and oxygen atoms in total. The second-order valence-corrected chi connectivity index (χ2v) is 5.26. The first kappa shape index (κ1) is 12.6. The van der Waals surface area contributed by atoms with Crippen LogP contribution in [0.1, 0.15) is 43.7 Å². The summed E-state index contributed by atoms with van der Waals surface area (Å²) in [6, 6.07) is 9.10. The minimum Gasteiger partial charge on any atom is -0.317 e. The summed E-state index contributed by atoms with van der Waals surface area (Å²) >= 11 is 0. The van der Waals surface area contributed by atoms with Gasteiger partial charge in [-0.1, -0.05) is 37.6 Å². The highest BCUT2D eigenvalue weighted by atomic mass is 14.9. The van der Waals surface area contributed by atoms with E-state index >= 15 is 0 Å². The van der Waals surface area contributed by atoms with Gasteiger partial charge in [0.2, 0.25) is 0 Å². The zero-order valence-electron chi connectivity index (χ0n) is 11.0. The van der Waals surface area contributed by atoms with E-state index in [0.717, 1.165) is 12.3 Å². The van der Waals surface area contributed by atoms with Crippen LogP contribution in [0.5, 0.6) is 0 Å². The van der Waals surface area contributed by atoms with Crippen LogP contribution in [0.15, 0.2) is 24.3 Å². The Bertz CT molecular complexity index is 326. The highest BCUT2D eigenvalue weighted by Gasteiger charge is 2.12. The molecule has 2 rings (SSSR count). The molecule has 1 aromatic rings. The number of benzene rings is 1. The van der Waals surface area contributed by atoms with Gasteiger partial charge in [0.05, 0.1) is 0 Å². The van der Waals surface area contributed by atoms with E-state index in [1.807, 2.05) is 0 Å². The molecule has 1 aromatic carbocycles. The molecule has 0 atom stereocenters. The molecule has 1 heteroatoms. The lowest BCUT2D eigenvalue weighted by molar-refractivity contribution is 0.347. The summed E-state index contributed by atoms with van der Waals surface area (Å²) in [5.41, 5.74) is 3.00. The molecule has 0 saturated carbocycles. The van der Waals surface area contributed by atoms with Crippen molar-refractivity contribution in [3.63, 3.8) is 0 Å². The van der Waals surface area contributed by atoms with Gasteiger partial charge in [-0.3, -0.25) is 0 Å². The Labute approximate surface area is 106 Å². The van der Waals surface area contributed by atoms with E-state index in [2.05, 4.69) is 36.5 Å². The molecule has 0 aromatic heterocycles. The van der Waals surface area contributed by atoms with Crippen LogP contribution < -0.4 is 5.32 Å². The Morgan fingerprint density at radius 1 is 1.18 bits per heavy atom. The molecule has 1 N–H and O–H groups in total. The highest BCUT2D eigenvalue weighted by Crippen LogP contribution is 2.19. The van der Waals surface area contributed by atoms with Gasteiger partial charge in [-0.05, 0) is 62.2 Å². The summed E-state index contributed by atoms with van der Waals surface area (Å²) in [7, 11) is 0. The summed E-state index contributed by atoms with van der Waals surface area (Å²) in [4.78, 5) is 0. The molecule has 1 aliphatic heterocycles. The van der Waals surface area contributed by atoms with Crippen LogP contribution in [0, 0.1) is 5.92 Å². The van der Waals surface area contributed by atoms with Crippen molar-refractivity contribution in [3.05, 3.63) is 35.4 Å². The van der Waals surface area contributed by atoms with Crippen molar-refractivity contribution in [3.8, 4) is 0 Å². The van der Waals surface area contributed by atoms with Crippen molar-refractivity contribution in [2.24, 2.45) is 5.92 Å². The van der Waals surface area contributed by atoms with Gasteiger partial charge < -0.3 is 5.32 Å². The molecule has 0 bridgehead atoms. The molecule has 0 amide bonds. The Kier molecular flexibility index (Phi) is 5.06. The van der Waals surface area contributed by atoms with Crippen LogP contribution in [-0.4, -0.2) is 13.1 Å². The minimum atomic E-state index is 0.977. The van der Waals surface area contributed by atoms with E-state index in [-0.39, 0.29) is 0 Å². The topological polar surface area (TPSA) is 12.0 Å². The third kappa shape index (κ3) is 4.16. The van der Waals surface area contributed by atoms with Gasteiger partial charge in [0, 0.05) is 0 Å². The number of nitrogens with one attached hydrogen (secondary N) is 1. The first-order valence-electron chi connectivity index (χ1n) is 7.17. The standard InChI is InChI=1S/C16H25N/c1-2-14-5-3-7-16(13-14)8-4-6-15-9-11-17-12-10-15/h3,5,7,13,15,17H,2,4,6,8-12H2,1H3. The molecule has 0 spiro atoms. The fraction of sp³-hybridized carbons (Fsp3) is 0.625. The fourth-order valence-electron chi connectivity index (χ4n) is 2.77. The third-order valence-electron chi connectivity index (χ3n) is 3.94. The van der Waals surface area contributed by atoms with Crippen LogP contribution >= 0.6 is 0 Å². The Morgan fingerprint density at radius 3 is 2.71 bits per heavy atom. The first-order valence-corrected chi connectivity index (χ1v) is 7.17. The average molecular weight is 231 g/mol. The van der Waals surface area contributed by atoms with Gasteiger partial charge in [-0.25, -0.2) is 0 Å². The van der Waals surface area contributed by atoms with Gasteiger partial charge in [-0.2, -0.15) is 0 Å². The van der Waals surface area contributed by atoms with Crippen LogP contribution in [0.2, 0.25) is 0 Å². The largest absolute Gasteiger partial charge is 0.317 e. The third-order valence-corrected chi connectivity index (χ3v) is 3.94. The molecule has 17 heavy (non-hydrogen) atoms. The molecular weight excluding hydrogens is 206 g/mol. The quantitative estimate of drug-likeness (QED) is 0.817. The van der Waals surface area contributed by atoms with Crippen LogP contribution in [0.25, 0.3) is 0 Å². The molecule has 94 valence electrons. The highest BCUT2D eigenvalue weighted by molar-refractivity contribution is 5.23. The van der Waals surface area contributed by atoms with Gasteiger partial charge in [-0.15, -0.1) is 0 Å². The summed E-state index contributed by atoms with van der Waals surface area (Å²) in [5.74, 6) is 0.977. The summed E-state index contributed by atoms with van der Waals surface area (Å²) in [6.45, 7) is 4.69. The molecule has 1 aliphatic rings. The normalized spacial score (nSPS) is 17.2. The second kappa shape index (κ2) is 6.80. The molecule has 0 aliphatic carbocycles. The van der Waals surface area contributed by atoms with E-state index in [0.29, 0.717) is 0 Å². The number of aryl methyl sites for hydroxylation is 2. The maximum Gasteiger partial charge on any atom is -0.00463 e. The van der Waals surface area contributed by atoms with E-state index in [4.69, 9.17) is 0 Å². The van der Waals surface area contributed by atoms with E-state index < -0.39 is 0 Å².